The van der Waals surface area contributed by atoms with Crippen LogP contribution in [-0.4, -0.2) is 15.0 Å². The highest BCUT2D eigenvalue weighted by Gasteiger charge is 2.11. The number of benzene rings is 2. The van der Waals surface area contributed by atoms with Gasteiger partial charge in [0, 0.05) is 11.1 Å². The van der Waals surface area contributed by atoms with E-state index in [-0.39, 0.29) is 5.82 Å². The van der Waals surface area contributed by atoms with Crippen LogP contribution in [0.4, 0.5) is 4.39 Å². The molecule has 25 heavy (non-hydrogen) atoms. The maximum atomic E-state index is 13.2. The molecule has 4 heteroatoms. The van der Waals surface area contributed by atoms with E-state index >= 15 is 0 Å². The Morgan fingerprint density at radius 1 is 0.760 bits per heavy atom. The van der Waals surface area contributed by atoms with Gasteiger partial charge in [-0.2, -0.15) is 0 Å². The number of nitrogens with zero attached hydrogens (tertiary/aromatic N) is 3. The highest BCUT2D eigenvalue weighted by Crippen LogP contribution is 2.28. The summed E-state index contributed by atoms with van der Waals surface area (Å²) >= 11 is 0. The quantitative estimate of drug-likeness (QED) is 0.512. The second-order valence-corrected chi connectivity index (χ2v) is 6.17. The molecular weight excluding hydrogens is 313 g/mol. The molecule has 2 aromatic carbocycles. The largest absolute Gasteiger partial charge is 0.244 e. The van der Waals surface area contributed by atoms with Crippen molar-refractivity contribution in [3.05, 3.63) is 77.9 Å². The fourth-order valence-corrected chi connectivity index (χ4v) is 3.04. The van der Waals surface area contributed by atoms with Crippen LogP contribution in [0.3, 0.4) is 0 Å². The lowest BCUT2D eigenvalue weighted by molar-refractivity contribution is 0.628. The van der Waals surface area contributed by atoms with Gasteiger partial charge in [-0.25, -0.2) is 19.3 Å². The average molecular weight is 329 g/mol. The zero-order valence-electron chi connectivity index (χ0n) is 14.0. The Morgan fingerprint density at radius 3 is 2.20 bits per heavy atom. The number of aromatic nitrogens is 3. The number of hydrogen-bond donors (Lipinski definition) is 0. The number of hydrogen-bond acceptors (Lipinski definition) is 3. The Kier molecular flexibility index (Phi) is 3.73. The van der Waals surface area contributed by atoms with Crippen molar-refractivity contribution >= 4 is 11.0 Å². The average Bonchev–Trinajstić information content (AvgIpc) is 2.60. The van der Waals surface area contributed by atoms with E-state index < -0.39 is 0 Å². The van der Waals surface area contributed by atoms with Crippen molar-refractivity contribution < 1.29 is 4.39 Å². The zero-order valence-corrected chi connectivity index (χ0v) is 14.0. The molecule has 0 N–H and O–H groups in total. The van der Waals surface area contributed by atoms with Crippen LogP contribution in [-0.2, 0) is 0 Å². The van der Waals surface area contributed by atoms with Crippen LogP contribution < -0.4 is 0 Å². The third kappa shape index (κ3) is 2.98. The minimum atomic E-state index is -0.260. The summed E-state index contributed by atoms with van der Waals surface area (Å²) in [4.78, 5) is 13.6. The first-order chi connectivity index (χ1) is 12.1. The number of fused-ring (bicyclic) bond motifs is 1. The molecule has 0 saturated carbocycles. The van der Waals surface area contributed by atoms with E-state index in [9.17, 15) is 4.39 Å². The van der Waals surface area contributed by atoms with Gasteiger partial charge in [0.05, 0.1) is 16.9 Å². The van der Waals surface area contributed by atoms with Crippen LogP contribution in [0.5, 0.6) is 0 Å². The third-order valence-corrected chi connectivity index (χ3v) is 4.12. The van der Waals surface area contributed by atoms with E-state index in [1.54, 1.807) is 18.5 Å². The summed E-state index contributed by atoms with van der Waals surface area (Å²) in [5, 5.41) is 0. The third-order valence-electron chi connectivity index (χ3n) is 4.12. The monoisotopic (exact) mass is 329 g/mol. The molecule has 2 heterocycles. The molecule has 0 aliphatic rings. The lowest BCUT2D eigenvalue weighted by Crippen LogP contribution is -1.94. The summed E-state index contributed by atoms with van der Waals surface area (Å²) in [7, 11) is 0. The predicted octanol–water partition coefficient (Wildman–Crippen LogP) is 5.11. The topological polar surface area (TPSA) is 38.7 Å². The highest BCUT2D eigenvalue weighted by molar-refractivity contribution is 5.90. The number of rotatable bonds is 2. The molecule has 0 amide bonds. The van der Waals surface area contributed by atoms with E-state index in [2.05, 4.69) is 42.0 Å². The smallest absolute Gasteiger partial charge is 0.123 e. The van der Waals surface area contributed by atoms with Gasteiger partial charge in [0.15, 0.2) is 0 Å². The molecule has 3 nitrogen and oxygen atoms in total. The Balaban J connectivity index is 1.93. The lowest BCUT2D eigenvalue weighted by atomic mass is 10.0. The van der Waals surface area contributed by atoms with E-state index in [0.717, 1.165) is 33.5 Å². The lowest BCUT2D eigenvalue weighted by Gasteiger charge is -2.09. The first kappa shape index (κ1) is 15.4. The van der Waals surface area contributed by atoms with Crippen LogP contribution in [0, 0.1) is 19.7 Å². The van der Waals surface area contributed by atoms with Crippen LogP contribution in [0.15, 0.2) is 60.9 Å². The van der Waals surface area contributed by atoms with Crippen LogP contribution >= 0.6 is 0 Å². The van der Waals surface area contributed by atoms with Gasteiger partial charge in [-0.15, -0.1) is 0 Å². The Morgan fingerprint density at radius 2 is 1.48 bits per heavy atom. The summed E-state index contributed by atoms with van der Waals surface area (Å²) in [6.07, 6.45) is 1.56. The first-order valence-corrected chi connectivity index (χ1v) is 8.06. The van der Waals surface area contributed by atoms with Crippen LogP contribution in [0.25, 0.3) is 33.5 Å². The van der Waals surface area contributed by atoms with E-state index in [4.69, 9.17) is 4.98 Å². The van der Waals surface area contributed by atoms with Gasteiger partial charge in [0.25, 0.3) is 0 Å². The second kappa shape index (κ2) is 6.06. The van der Waals surface area contributed by atoms with E-state index in [0.29, 0.717) is 0 Å². The molecule has 0 aliphatic heterocycles. The summed E-state index contributed by atoms with van der Waals surface area (Å²) in [5.74, 6) is -0.260. The molecular formula is C21H16FN3. The molecule has 0 aliphatic carbocycles. The van der Waals surface area contributed by atoms with Gasteiger partial charge in [-0.3, -0.25) is 0 Å². The van der Waals surface area contributed by atoms with Crippen molar-refractivity contribution in [1.82, 2.24) is 15.0 Å². The maximum absolute atomic E-state index is 13.2. The molecule has 0 spiro atoms. The molecule has 122 valence electrons. The molecule has 0 radical (unpaired) electrons. The molecule has 0 atom stereocenters. The van der Waals surface area contributed by atoms with Crippen molar-refractivity contribution in [2.75, 3.05) is 0 Å². The summed E-state index contributed by atoms with van der Waals surface area (Å²) in [5.41, 5.74) is 7.35. The van der Waals surface area contributed by atoms with E-state index in [1.165, 1.54) is 23.3 Å². The number of pyridine rings is 1. The predicted molar refractivity (Wildman–Crippen MR) is 97.6 cm³/mol. The van der Waals surface area contributed by atoms with Crippen molar-refractivity contribution in [2.45, 2.75) is 13.8 Å². The highest BCUT2D eigenvalue weighted by atomic mass is 19.1. The van der Waals surface area contributed by atoms with Crippen LogP contribution in [0.2, 0.25) is 0 Å². The fourth-order valence-electron chi connectivity index (χ4n) is 3.04. The van der Waals surface area contributed by atoms with Gasteiger partial charge in [0.2, 0.25) is 0 Å². The van der Waals surface area contributed by atoms with Crippen molar-refractivity contribution in [2.24, 2.45) is 0 Å². The summed E-state index contributed by atoms with van der Waals surface area (Å²) < 4.78 is 13.2. The molecule has 4 rings (SSSR count). The second-order valence-electron chi connectivity index (χ2n) is 6.17. The molecule has 0 fully saturated rings. The summed E-state index contributed by atoms with van der Waals surface area (Å²) in [6.45, 7) is 4.13. The summed E-state index contributed by atoms with van der Waals surface area (Å²) in [6, 6.07) is 16.5. The van der Waals surface area contributed by atoms with Gasteiger partial charge >= 0.3 is 0 Å². The molecule has 0 unspecified atom stereocenters. The van der Waals surface area contributed by atoms with Gasteiger partial charge in [-0.05, 0) is 62.4 Å². The Labute approximate surface area is 145 Å². The van der Waals surface area contributed by atoms with Gasteiger partial charge in [-0.1, -0.05) is 17.2 Å². The number of halogens is 1. The van der Waals surface area contributed by atoms with Crippen molar-refractivity contribution in [3.8, 4) is 22.5 Å². The minimum Gasteiger partial charge on any atom is -0.244 e. The molecule has 4 aromatic rings. The van der Waals surface area contributed by atoms with Crippen molar-refractivity contribution in [1.29, 1.82) is 0 Å². The minimum absolute atomic E-state index is 0.260. The molecule has 0 bridgehead atoms. The molecule has 0 saturated heterocycles. The Hall–Kier alpha value is -3.14. The van der Waals surface area contributed by atoms with E-state index in [1.807, 2.05) is 12.1 Å². The maximum Gasteiger partial charge on any atom is 0.123 e. The van der Waals surface area contributed by atoms with Crippen LogP contribution in [0.1, 0.15) is 11.1 Å². The number of aryl methyl sites for hydroxylation is 2. The van der Waals surface area contributed by atoms with Gasteiger partial charge < -0.3 is 0 Å². The van der Waals surface area contributed by atoms with Gasteiger partial charge in [0.1, 0.15) is 17.7 Å². The first-order valence-electron chi connectivity index (χ1n) is 8.06. The fraction of sp³-hybridized carbons (Fsp3) is 0.0952. The normalized spacial score (nSPS) is 11.0. The zero-order chi connectivity index (χ0) is 17.4. The Bertz CT molecular complexity index is 1050. The van der Waals surface area contributed by atoms with Crippen molar-refractivity contribution in [3.63, 3.8) is 0 Å². The standard InChI is InChI=1S/C21H16FN3/c1-13-9-14(2)11-16(10-13)20-21-19(23-12-24-20)8-7-18(25-21)15-3-5-17(22)6-4-15/h3-12H,1-2H3. The SMILES string of the molecule is Cc1cc(C)cc(-c2ncnc3ccc(-c4ccc(F)cc4)nc23)c1. The molecule has 2 aromatic heterocycles.